The summed E-state index contributed by atoms with van der Waals surface area (Å²) in [6.45, 7) is 49.0. The topological polar surface area (TPSA) is 0 Å². The van der Waals surface area contributed by atoms with Gasteiger partial charge in [0.05, 0.1) is 0 Å². The Hall–Kier alpha value is -3.12. The van der Waals surface area contributed by atoms with Gasteiger partial charge in [0, 0.05) is 23.7 Å². The molecule has 0 heteroatoms. The Morgan fingerprint density at radius 2 is 0.303 bits per heavy atom. The van der Waals surface area contributed by atoms with Gasteiger partial charge in [0.25, 0.3) is 0 Å². The zero-order valence-corrected chi connectivity index (χ0v) is 58.8. The number of hydrogen-bond acceptors (Lipinski definition) is 0. The van der Waals surface area contributed by atoms with Crippen LogP contribution in [0.25, 0.3) is 0 Å². The van der Waals surface area contributed by atoms with E-state index in [1.54, 1.807) is 44.5 Å². The average molecular weight is 1250 g/mol. The van der Waals surface area contributed by atoms with Gasteiger partial charge >= 0.3 is 0 Å². The molecule has 0 N–H and O–H groups in total. The fourth-order valence-corrected chi connectivity index (χ4v) is 12.6. The predicted octanol–water partition coefficient (Wildman–Crippen LogP) is 34.4. The van der Waals surface area contributed by atoms with Crippen molar-refractivity contribution in [2.45, 2.75) is 411 Å². The van der Waals surface area contributed by atoms with Gasteiger partial charge in [0.15, 0.2) is 0 Å². The summed E-state index contributed by atoms with van der Waals surface area (Å²) in [5, 5.41) is 0. The summed E-state index contributed by atoms with van der Waals surface area (Å²) in [5.74, 6) is 4.79. The summed E-state index contributed by atoms with van der Waals surface area (Å²) >= 11 is 0. The minimum absolute atomic E-state index is 0. The Labute approximate surface area is 572 Å². The SMILES string of the molecule is C.C.C.C.C.C.C.C.C.CC.CC.CC.CC.CC.CC.CC.CC.CCC.CCC.CCC.CCC.c1cc2cc(c1)C(C1CCCCC1)c1cccc(c1)C(C1CCCCC1)c1cccc(c1)C(C1CCCCC1)c1cccc(c1)C2C1CCCCC1. The maximum Gasteiger partial charge on any atom is 0.0118 e. The Balaban J connectivity index is -0.000000125. The second-order valence-electron chi connectivity index (χ2n) is 21.0. The smallest absolute Gasteiger partial charge is 0.0118 e. The molecule has 8 bridgehead atoms. The lowest BCUT2D eigenvalue weighted by Gasteiger charge is -2.36. The maximum atomic E-state index is 2.73. The van der Waals surface area contributed by atoms with Crippen molar-refractivity contribution < 1.29 is 0 Å². The standard InChI is InChI=1S/C52H64.4C3H8.8C2H6.9CH4/c1-5-17-37(18-6-1)49-41-25-13-27-43(33-41)50(38-19-7-2-8-20-38)45-29-15-31-47(35-45)52(40-23-11-4-12-24-40)48-32-16-30-46(36-48)51(39-21-9-3-10-22-39)44-28-14-26-42(49)34-44;4*1-3-2;8*1-2;;;;;;;;;/h13-16,25-40,49-52H,1-12,17-24H2;4*3H2,1-2H3;8*1-2H3;9*1H4. The van der Waals surface area contributed by atoms with Crippen molar-refractivity contribution in [2.24, 2.45) is 23.7 Å². The Kier molecular flexibility index (Phi) is 108. The molecule has 9 rings (SSSR count). The highest BCUT2D eigenvalue weighted by Gasteiger charge is 2.34. The Bertz CT molecular complexity index is 1480. The van der Waals surface area contributed by atoms with Gasteiger partial charge in [-0.3, -0.25) is 0 Å². The summed E-state index contributed by atoms with van der Waals surface area (Å²) in [5.41, 5.74) is 12.7. The van der Waals surface area contributed by atoms with Crippen molar-refractivity contribution in [3.05, 3.63) is 142 Å². The molecule has 0 radical (unpaired) electrons. The molecule has 0 atom stereocenters. The molecule has 0 unspecified atom stereocenters. The fraction of sp³-hybridized carbons (Fsp3) is 0.730. The van der Waals surface area contributed by atoms with Crippen LogP contribution in [0, 0.1) is 23.7 Å². The van der Waals surface area contributed by atoms with Gasteiger partial charge in [-0.2, -0.15) is 0 Å². The largest absolute Gasteiger partial charge is 0.0776 e. The summed E-state index contributed by atoms with van der Waals surface area (Å²) in [6, 6.07) is 40.9. The van der Waals surface area contributed by atoms with Crippen LogP contribution in [-0.4, -0.2) is 0 Å². The number of rotatable bonds is 4. The van der Waals surface area contributed by atoms with E-state index in [0.29, 0.717) is 23.7 Å². The monoisotopic (exact) mass is 1250 g/mol. The minimum Gasteiger partial charge on any atom is -0.0776 e. The van der Waals surface area contributed by atoms with Crippen molar-refractivity contribution >= 4 is 0 Å². The summed E-state index contributed by atoms with van der Waals surface area (Å²) in [6.07, 6.45) is 32.6. The van der Waals surface area contributed by atoms with Crippen molar-refractivity contribution in [3.63, 3.8) is 0 Å². The number of fused-ring (bicyclic) bond motifs is 8. The van der Waals surface area contributed by atoms with E-state index in [1.165, 1.54) is 154 Å². The molecule has 0 saturated heterocycles. The van der Waals surface area contributed by atoms with Crippen LogP contribution in [0.1, 0.15) is 455 Å². The molecular weight excluding hydrogens is 1070 g/mol. The third-order valence-electron chi connectivity index (χ3n) is 15.0. The lowest BCUT2D eigenvalue weighted by Crippen LogP contribution is -2.22. The molecule has 4 saturated carbocycles. The minimum atomic E-state index is 0. The van der Waals surface area contributed by atoms with Crippen LogP contribution in [0.5, 0.6) is 0 Å². The predicted molar refractivity (Wildman–Crippen MR) is 435 cm³/mol. The zero-order chi connectivity index (χ0) is 61.5. The maximum absolute atomic E-state index is 2.73. The van der Waals surface area contributed by atoms with E-state index in [4.69, 9.17) is 0 Å². The van der Waals surface area contributed by atoms with Crippen LogP contribution in [0.15, 0.2) is 97.1 Å². The highest BCUT2D eigenvalue weighted by molar-refractivity contribution is 5.47. The summed E-state index contributed by atoms with van der Waals surface area (Å²) in [4.78, 5) is 0. The van der Waals surface area contributed by atoms with E-state index < -0.39 is 0 Å². The van der Waals surface area contributed by atoms with E-state index in [0.717, 1.165) is 23.7 Å². The molecule has 4 aromatic carbocycles. The molecule has 0 amide bonds. The molecule has 536 valence electrons. The molecule has 0 aromatic heterocycles. The first-order chi connectivity index (χ1) is 39.5. The van der Waals surface area contributed by atoms with Gasteiger partial charge in [-0.15, -0.1) is 0 Å². The average Bonchev–Trinajstić information content (AvgIpc) is 3.20. The second-order valence-corrected chi connectivity index (χ2v) is 21.0. The molecule has 4 fully saturated rings. The molecule has 5 aliphatic rings. The van der Waals surface area contributed by atoms with Crippen LogP contribution in [0.2, 0.25) is 0 Å². The number of hydrogen-bond donors (Lipinski definition) is 0. The summed E-state index contributed by atoms with van der Waals surface area (Å²) < 4.78 is 0. The van der Waals surface area contributed by atoms with Crippen molar-refractivity contribution in [3.8, 4) is 0 Å². The van der Waals surface area contributed by atoms with E-state index in [-0.39, 0.29) is 66.8 Å². The van der Waals surface area contributed by atoms with Gasteiger partial charge in [-0.25, -0.2) is 0 Å². The molecule has 4 aromatic rings. The number of benzene rings is 4. The first kappa shape index (κ1) is 116. The van der Waals surface area contributed by atoms with Crippen molar-refractivity contribution in [1.82, 2.24) is 0 Å². The van der Waals surface area contributed by atoms with Gasteiger partial charge in [0.1, 0.15) is 0 Å². The van der Waals surface area contributed by atoms with Crippen LogP contribution in [-0.2, 0) is 0 Å². The third-order valence-corrected chi connectivity index (χ3v) is 15.0. The van der Waals surface area contributed by atoms with Crippen LogP contribution in [0.4, 0.5) is 0 Å². The first-order valence-electron chi connectivity index (χ1n) is 35.9. The molecule has 0 spiro atoms. The molecule has 5 aliphatic carbocycles. The van der Waals surface area contributed by atoms with Crippen LogP contribution >= 0.6 is 0 Å². The fourth-order valence-electron chi connectivity index (χ4n) is 12.6. The molecule has 0 aliphatic heterocycles. The van der Waals surface area contributed by atoms with Gasteiger partial charge in [-0.1, -0.05) is 433 Å². The molecule has 89 heavy (non-hydrogen) atoms. The molecule has 0 nitrogen and oxygen atoms in total. The zero-order valence-electron chi connectivity index (χ0n) is 58.8. The van der Waals surface area contributed by atoms with Gasteiger partial charge < -0.3 is 0 Å². The van der Waals surface area contributed by atoms with E-state index in [2.05, 4.69) is 152 Å². The second kappa shape index (κ2) is 82.9. The third kappa shape index (κ3) is 42.7. The van der Waals surface area contributed by atoms with E-state index >= 15 is 0 Å². The Morgan fingerprint density at radius 1 is 0.202 bits per heavy atom. The lowest BCUT2D eigenvalue weighted by atomic mass is 9.68. The highest BCUT2D eigenvalue weighted by Crippen LogP contribution is 2.49. The molecular formula is C89H180. The Morgan fingerprint density at radius 3 is 0.404 bits per heavy atom. The quantitative estimate of drug-likeness (QED) is 0.191. The van der Waals surface area contributed by atoms with Crippen molar-refractivity contribution in [2.75, 3.05) is 0 Å². The lowest BCUT2D eigenvalue weighted by molar-refractivity contribution is 0.319. The normalized spacial score (nSPS) is 17.1. The van der Waals surface area contributed by atoms with Crippen molar-refractivity contribution in [1.29, 1.82) is 0 Å². The van der Waals surface area contributed by atoms with Crippen LogP contribution in [0.3, 0.4) is 0 Å². The highest BCUT2D eigenvalue weighted by atomic mass is 14.4. The summed E-state index contributed by atoms with van der Waals surface area (Å²) in [7, 11) is 0. The van der Waals surface area contributed by atoms with Gasteiger partial charge in [0.2, 0.25) is 0 Å². The van der Waals surface area contributed by atoms with E-state index in [9.17, 15) is 0 Å². The molecule has 0 heterocycles. The first-order valence-corrected chi connectivity index (χ1v) is 35.9. The van der Waals surface area contributed by atoms with Crippen LogP contribution < -0.4 is 0 Å². The van der Waals surface area contributed by atoms with E-state index in [1.807, 2.05) is 111 Å². The van der Waals surface area contributed by atoms with Gasteiger partial charge in [-0.05, 0) is 120 Å².